The third-order valence-corrected chi connectivity index (χ3v) is 9.35. The molecule has 11 heteroatoms. The number of amides is 2. The fourth-order valence-electron chi connectivity index (χ4n) is 6.46. The molecule has 4 saturated heterocycles. The monoisotopic (exact) mass is 688 g/mol. The Morgan fingerprint density at radius 2 is 1.17 bits per heavy atom. The van der Waals surface area contributed by atoms with E-state index in [9.17, 15) is 14.4 Å². The maximum Gasteiger partial charge on any atom is 0.410 e. The van der Waals surface area contributed by atoms with Crippen LogP contribution in [0.1, 0.15) is 57.5 Å². The van der Waals surface area contributed by atoms with Gasteiger partial charge in [-0.1, -0.05) is 59.6 Å². The third-order valence-electron chi connectivity index (χ3n) is 8.64. The molecule has 0 aliphatic carbocycles. The summed E-state index contributed by atoms with van der Waals surface area (Å²) in [5.41, 5.74) is 0.912. The highest BCUT2D eigenvalue weighted by Gasteiger charge is 2.43. The van der Waals surface area contributed by atoms with Crippen LogP contribution in [0.15, 0.2) is 48.5 Å². The molecule has 4 aliphatic heterocycles. The van der Waals surface area contributed by atoms with Gasteiger partial charge in [-0.3, -0.25) is 9.69 Å². The Labute approximate surface area is 289 Å². The molecule has 258 valence electrons. The fourth-order valence-corrected chi connectivity index (χ4v) is 6.84. The van der Waals surface area contributed by atoms with E-state index in [2.05, 4.69) is 16.3 Å². The number of halogens is 2. The van der Waals surface area contributed by atoms with E-state index in [-0.39, 0.29) is 17.8 Å². The lowest BCUT2D eigenvalue weighted by atomic mass is 10.0. The summed E-state index contributed by atoms with van der Waals surface area (Å²) in [6.07, 6.45) is 0.406. The molecule has 4 unspecified atom stereocenters. The fraction of sp³-hybridized carbons (Fsp3) is 0.583. The number of hydrogen-bond donors (Lipinski definition) is 1. The van der Waals surface area contributed by atoms with E-state index >= 15 is 0 Å². The second-order valence-corrected chi connectivity index (χ2v) is 15.7. The van der Waals surface area contributed by atoms with Crippen LogP contribution in [0, 0.1) is 23.7 Å². The first-order valence-electron chi connectivity index (χ1n) is 16.4. The highest BCUT2D eigenvalue weighted by atomic mass is 35.5. The van der Waals surface area contributed by atoms with Crippen LogP contribution < -0.4 is 5.32 Å². The highest BCUT2D eigenvalue weighted by molar-refractivity contribution is 6.32. The highest BCUT2D eigenvalue weighted by Crippen LogP contribution is 2.33. The average molecular weight is 690 g/mol. The molecule has 6 rings (SSSR count). The predicted molar refractivity (Wildman–Crippen MR) is 186 cm³/mol. The normalized spacial score (nSPS) is 23.6. The average Bonchev–Trinajstić information content (AvgIpc) is 3.75. The standard InChI is InChI=1S/C18H25ClN2O2.C11H20N2O2.C7H5ClO/c1-18(2,3)23-17(22)21-11-14-9-20(10-15(14)12-21)8-13-6-4-5-7-16(13)19;1-11(2,3)15-10(14)13-6-8-4-12-5-9(8)7-13;8-7-4-2-1-3-6(7)5-9/h4-7,14-15H,8-12H2,1-3H3;8-9,12H,4-7H2,1-3H3;1-5H. The summed E-state index contributed by atoms with van der Waals surface area (Å²) < 4.78 is 10.8. The smallest absolute Gasteiger partial charge is 0.410 e. The lowest BCUT2D eigenvalue weighted by Crippen LogP contribution is -2.37. The van der Waals surface area contributed by atoms with Gasteiger partial charge in [0.2, 0.25) is 0 Å². The molecule has 47 heavy (non-hydrogen) atoms. The zero-order valence-corrected chi connectivity index (χ0v) is 30.0. The predicted octanol–water partition coefficient (Wildman–Crippen LogP) is 6.86. The van der Waals surface area contributed by atoms with Gasteiger partial charge in [0.1, 0.15) is 11.2 Å². The van der Waals surface area contributed by atoms with E-state index < -0.39 is 5.60 Å². The number of likely N-dealkylation sites (tertiary alicyclic amines) is 3. The molecule has 9 nitrogen and oxygen atoms in total. The molecule has 2 aromatic carbocycles. The topological polar surface area (TPSA) is 91.4 Å². The minimum absolute atomic E-state index is 0.156. The van der Waals surface area contributed by atoms with Crippen molar-refractivity contribution in [1.29, 1.82) is 0 Å². The van der Waals surface area contributed by atoms with E-state index in [1.165, 1.54) is 5.56 Å². The van der Waals surface area contributed by atoms with Gasteiger partial charge in [-0.2, -0.15) is 0 Å². The number of carbonyl (C=O) groups is 3. The van der Waals surface area contributed by atoms with Gasteiger partial charge in [0.25, 0.3) is 0 Å². The number of carbonyl (C=O) groups excluding carboxylic acids is 3. The molecule has 0 radical (unpaired) electrons. The SMILES string of the molecule is CC(C)(C)OC(=O)N1CC2CN(Cc3ccccc3Cl)CC2C1.CC(C)(C)OC(=O)N1CC2CNCC2C1.O=Cc1ccccc1Cl. The summed E-state index contributed by atoms with van der Waals surface area (Å²) in [5, 5.41) is 4.69. The van der Waals surface area contributed by atoms with E-state index in [1.807, 2.05) is 69.5 Å². The zero-order chi connectivity index (χ0) is 34.4. The minimum Gasteiger partial charge on any atom is -0.444 e. The van der Waals surface area contributed by atoms with E-state index in [4.69, 9.17) is 32.7 Å². The molecule has 2 aromatic rings. The summed E-state index contributed by atoms with van der Waals surface area (Å²) in [5.74, 6) is 2.37. The first kappa shape index (κ1) is 37.0. The number of fused-ring (bicyclic) bond motifs is 2. The molecule has 4 aliphatic rings. The Morgan fingerprint density at radius 3 is 1.60 bits per heavy atom. The van der Waals surface area contributed by atoms with Gasteiger partial charge in [-0.15, -0.1) is 0 Å². The van der Waals surface area contributed by atoms with E-state index in [0.717, 1.165) is 70.2 Å². The summed E-state index contributed by atoms with van der Waals surface area (Å²) in [4.78, 5) is 40.3. The number of rotatable bonds is 3. The van der Waals surface area contributed by atoms with Gasteiger partial charge in [0.15, 0.2) is 6.29 Å². The molecule has 0 aromatic heterocycles. The minimum atomic E-state index is -0.426. The first-order valence-corrected chi connectivity index (χ1v) is 17.2. The van der Waals surface area contributed by atoms with Gasteiger partial charge in [0, 0.05) is 69.5 Å². The maximum atomic E-state index is 12.2. The summed E-state index contributed by atoms with van der Waals surface area (Å²) >= 11 is 11.8. The van der Waals surface area contributed by atoms with Crippen LogP contribution in [-0.4, -0.2) is 96.7 Å². The van der Waals surface area contributed by atoms with Crippen molar-refractivity contribution in [3.63, 3.8) is 0 Å². The number of benzene rings is 2. The molecule has 4 heterocycles. The van der Waals surface area contributed by atoms with Crippen molar-refractivity contribution in [3.05, 3.63) is 69.7 Å². The van der Waals surface area contributed by atoms with Gasteiger partial charge in [0.05, 0.1) is 5.02 Å². The number of aldehydes is 1. The van der Waals surface area contributed by atoms with Crippen LogP contribution in [0.25, 0.3) is 0 Å². The molecule has 1 N–H and O–H groups in total. The van der Waals surface area contributed by atoms with Crippen LogP contribution in [0.2, 0.25) is 10.0 Å². The van der Waals surface area contributed by atoms with E-state index in [0.29, 0.717) is 34.3 Å². The Balaban J connectivity index is 0.000000178. The first-order chi connectivity index (χ1) is 22.1. The van der Waals surface area contributed by atoms with Gasteiger partial charge < -0.3 is 24.6 Å². The van der Waals surface area contributed by atoms with Gasteiger partial charge >= 0.3 is 12.2 Å². The Morgan fingerprint density at radius 1 is 0.723 bits per heavy atom. The van der Waals surface area contributed by atoms with Gasteiger partial charge in [-0.25, -0.2) is 9.59 Å². The number of hydrogen-bond acceptors (Lipinski definition) is 7. The lowest BCUT2D eigenvalue weighted by Gasteiger charge is -2.26. The van der Waals surface area contributed by atoms with Crippen molar-refractivity contribution in [2.24, 2.45) is 23.7 Å². The quantitative estimate of drug-likeness (QED) is 0.352. The molecule has 4 fully saturated rings. The van der Waals surface area contributed by atoms with E-state index in [1.54, 1.807) is 24.3 Å². The number of ether oxygens (including phenoxy) is 2. The molecule has 0 saturated carbocycles. The molecule has 0 spiro atoms. The molecular weight excluding hydrogens is 639 g/mol. The second-order valence-electron chi connectivity index (χ2n) is 14.9. The van der Waals surface area contributed by atoms with Crippen LogP contribution in [-0.2, 0) is 16.0 Å². The van der Waals surface area contributed by atoms with Crippen molar-refractivity contribution < 1.29 is 23.9 Å². The third kappa shape index (κ3) is 11.1. The molecule has 2 amide bonds. The van der Waals surface area contributed by atoms with Gasteiger partial charge in [-0.05, 0) is 82.9 Å². The van der Waals surface area contributed by atoms with Crippen molar-refractivity contribution in [1.82, 2.24) is 20.0 Å². The summed E-state index contributed by atoms with van der Waals surface area (Å²) in [6, 6.07) is 14.9. The Kier molecular flexibility index (Phi) is 12.6. The Bertz CT molecular complexity index is 1350. The zero-order valence-electron chi connectivity index (χ0n) is 28.5. The molecular formula is C36H50Cl2N4O5. The van der Waals surface area contributed by atoms with Crippen molar-refractivity contribution in [2.75, 3.05) is 52.4 Å². The summed E-state index contributed by atoms with van der Waals surface area (Å²) in [6.45, 7) is 19.8. The second kappa shape index (κ2) is 16.0. The van der Waals surface area contributed by atoms with Crippen LogP contribution in [0.5, 0.6) is 0 Å². The van der Waals surface area contributed by atoms with Crippen LogP contribution in [0.4, 0.5) is 9.59 Å². The molecule has 4 atom stereocenters. The Hall–Kier alpha value is -2.85. The molecule has 0 bridgehead atoms. The number of nitrogens with zero attached hydrogens (tertiary/aromatic N) is 3. The van der Waals surface area contributed by atoms with Crippen LogP contribution >= 0.6 is 23.2 Å². The number of nitrogens with one attached hydrogen (secondary N) is 1. The van der Waals surface area contributed by atoms with Crippen molar-refractivity contribution in [3.8, 4) is 0 Å². The summed E-state index contributed by atoms with van der Waals surface area (Å²) in [7, 11) is 0. The maximum absolute atomic E-state index is 12.2. The lowest BCUT2D eigenvalue weighted by molar-refractivity contribution is 0.0267. The van der Waals surface area contributed by atoms with Crippen molar-refractivity contribution in [2.45, 2.75) is 59.3 Å². The largest absolute Gasteiger partial charge is 0.444 e. The van der Waals surface area contributed by atoms with Crippen LogP contribution in [0.3, 0.4) is 0 Å². The van der Waals surface area contributed by atoms with Crippen molar-refractivity contribution >= 4 is 41.7 Å².